The number of hydrogen-bond acceptors (Lipinski definition) is 5. The van der Waals surface area contributed by atoms with Crippen molar-refractivity contribution in [3.63, 3.8) is 0 Å². The number of aromatic amines is 1. The average Bonchev–Trinajstić information content (AvgIpc) is 3.23. The number of likely N-dealkylation sites (tertiary alicyclic amines) is 1. The van der Waals surface area contributed by atoms with Crippen LogP contribution < -0.4 is 11.3 Å². The number of nitrogens with two attached hydrogens (primary N) is 1. The van der Waals surface area contributed by atoms with Gasteiger partial charge in [-0.25, -0.2) is 4.98 Å². The number of thiophene rings is 1. The molecule has 1 aliphatic heterocycles. The quantitative estimate of drug-likeness (QED) is 0.750. The molecule has 0 aliphatic carbocycles. The summed E-state index contributed by atoms with van der Waals surface area (Å²) in [6, 6.07) is 9.54. The second-order valence-electron chi connectivity index (χ2n) is 6.24. The van der Waals surface area contributed by atoms with Gasteiger partial charge in [0, 0.05) is 10.9 Å². The van der Waals surface area contributed by atoms with Crippen molar-refractivity contribution in [1.82, 2.24) is 14.9 Å². The van der Waals surface area contributed by atoms with E-state index in [1.807, 2.05) is 40.6 Å². The van der Waals surface area contributed by atoms with E-state index < -0.39 is 0 Å². The van der Waals surface area contributed by atoms with Crippen LogP contribution in [0.2, 0.25) is 0 Å². The van der Waals surface area contributed by atoms with Gasteiger partial charge in [-0.15, -0.1) is 11.3 Å². The van der Waals surface area contributed by atoms with Gasteiger partial charge in [0.05, 0.1) is 18.0 Å². The molecule has 0 spiro atoms. The molecule has 1 unspecified atom stereocenters. The smallest absolute Gasteiger partial charge is 0.260 e. The van der Waals surface area contributed by atoms with Gasteiger partial charge in [0.1, 0.15) is 10.7 Å². The summed E-state index contributed by atoms with van der Waals surface area (Å²) in [6.07, 6.45) is 1.69. The van der Waals surface area contributed by atoms with Crippen molar-refractivity contribution in [1.29, 1.82) is 0 Å². The molecule has 3 aromatic rings. The van der Waals surface area contributed by atoms with Gasteiger partial charge >= 0.3 is 0 Å². The maximum absolute atomic E-state index is 12.6. The molecule has 3 N–H and O–H groups in total. The Kier molecular flexibility index (Phi) is 4.10. The molecule has 1 amide bonds. The number of nitrogens with one attached hydrogen (secondary N) is 1. The van der Waals surface area contributed by atoms with Crippen LogP contribution in [0.4, 0.5) is 0 Å². The molecule has 1 atom stereocenters. The minimum atomic E-state index is -0.316. The van der Waals surface area contributed by atoms with E-state index in [-0.39, 0.29) is 17.5 Å². The van der Waals surface area contributed by atoms with E-state index in [1.165, 1.54) is 11.3 Å². The number of primary amides is 1. The van der Waals surface area contributed by atoms with Crippen molar-refractivity contribution >= 4 is 27.5 Å². The highest BCUT2D eigenvalue weighted by molar-refractivity contribution is 7.17. The van der Waals surface area contributed by atoms with Crippen LogP contribution in [0.3, 0.4) is 0 Å². The molecule has 1 saturated heterocycles. The Labute approximate surface area is 148 Å². The van der Waals surface area contributed by atoms with Gasteiger partial charge in [-0.1, -0.05) is 30.3 Å². The van der Waals surface area contributed by atoms with Crippen molar-refractivity contribution < 1.29 is 4.79 Å². The van der Waals surface area contributed by atoms with Gasteiger partial charge in [0.2, 0.25) is 5.91 Å². The van der Waals surface area contributed by atoms with Crippen LogP contribution in [0, 0.1) is 0 Å². The normalized spacial score (nSPS) is 18.0. The number of amides is 1. The van der Waals surface area contributed by atoms with Crippen molar-refractivity contribution in [3.05, 3.63) is 51.9 Å². The molecule has 0 radical (unpaired) electrons. The van der Waals surface area contributed by atoms with Crippen LogP contribution in [0.15, 0.2) is 40.5 Å². The zero-order valence-corrected chi connectivity index (χ0v) is 14.4. The van der Waals surface area contributed by atoms with Crippen LogP contribution in [0.5, 0.6) is 0 Å². The average molecular weight is 354 g/mol. The number of aromatic nitrogens is 2. The lowest BCUT2D eigenvalue weighted by atomic mass is 10.1. The molecule has 1 aromatic carbocycles. The highest BCUT2D eigenvalue weighted by Crippen LogP contribution is 2.30. The maximum atomic E-state index is 12.6. The van der Waals surface area contributed by atoms with Crippen LogP contribution in [0.25, 0.3) is 21.3 Å². The molecule has 25 heavy (non-hydrogen) atoms. The van der Waals surface area contributed by atoms with Gasteiger partial charge < -0.3 is 10.7 Å². The standard InChI is InChI=1S/C18H18N4O2S/c19-16(23)13-7-4-8-22(13)9-14-20-17(24)15-12(10-25-18(15)21-14)11-5-2-1-3-6-11/h1-3,5-6,10,13H,4,7-9H2,(H2,19,23)(H,20,21,24). The molecule has 4 rings (SSSR count). The van der Waals surface area contributed by atoms with Crippen LogP contribution in [0.1, 0.15) is 18.7 Å². The third kappa shape index (κ3) is 2.96. The summed E-state index contributed by atoms with van der Waals surface area (Å²) in [7, 11) is 0. The Morgan fingerprint density at radius 1 is 1.36 bits per heavy atom. The number of H-pyrrole nitrogens is 1. The first-order chi connectivity index (χ1) is 12.1. The van der Waals surface area contributed by atoms with Crippen LogP contribution in [-0.2, 0) is 11.3 Å². The minimum Gasteiger partial charge on any atom is -0.368 e. The number of fused-ring (bicyclic) bond motifs is 1. The van der Waals surface area contributed by atoms with Crippen LogP contribution in [-0.4, -0.2) is 33.4 Å². The molecule has 0 saturated carbocycles. The summed E-state index contributed by atoms with van der Waals surface area (Å²) in [6.45, 7) is 1.21. The summed E-state index contributed by atoms with van der Waals surface area (Å²) >= 11 is 1.46. The summed E-state index contributed by atoms with van der Waals surface area (Å²) < 4.78 is 0. The van der Waals surface area contributed by atoms with E-state index in [1.54, 1.807) is 0 Å². The predicted molar refractivity (Wildman–Crippen MR) is 98.3 cm³/mol. The molecule has 1 aliphatic rings. The molecular formula is C18H18N4O2S. The van der Waals surface area contributed by atoms with Crippen molar-refractivity contribution in [2.24, 2.45) is 5.73 Å². The summed E-state index contributed by atoms with van der Waals surface area (Å²) in [4.78, 5) is 34.4. The van der Waals surface area contributed by atoms with Gasteiger partial charge in [-0.2, -0.15) is 0 Å². The summed E-state index contributed by atoms with van der Waals surface area (Å²) in [5, 5.41) is 2.58. The molecule has 1 fully saturated rings. The number of hydrogen-bond donors (Lipinski definition) is 2. The zero-order valence-electron chi connectivity index (χ0n) is 13.6. The monoisotopic (exact) mass is 354 g/mol. The molecule has 3 heterocycles. The minimum absolute atomic E-state index is 0.144. The summed E-state index contributed by atoms with van der Waals surface area (Å²) in [5.41, 5.74) is 7.22. The third-order valence-electron chi connectivity index (χ3n) is 4.62. The van der Waals surface area contributed by atoms with Crippen molar-refractivity contribution in [2.75, 3.05) is 6.54 Å². The highest BCUT2D eigenvalue weighted by atomic mass is 32.1. The lowest BCUT2D eigenvalue weighted by molar-refractivity contribution is -0.122. The second-order valence-corrected chi connectivity index (χ2v) is 7.10. The van der Waals surface area contributed by atoms with Crippen molar-refractivity contribution in [2.45, 2.75) is 25.4 Å². The topological polar surface area (TPSA) is 92.1 Å². The van der Waals surface area contributed by atoms with Gasteiger partial charge in [0.25, 0.3) is 5.56 Å². The SMILES string of the molecule is NC(=O)C1CCCN1Cc1nc2scc(-c3ccccc3)c2c(=O)[nH]1. The third-order valence-corrected chi connectivity index (χ3v) is 5.49. The first-order valence-electron chi connectivity index (χ1n) is 8.22. The van der Waals surface area contributed by atoms with Gasteiger partial charge in [0.15, 0.2) is 0 Å². The zero-order chi connectivity index (χ0) is 17.4. The van der Waals surface area contributed by atoms with E-state index in [0.717, 1.165) is 30.5 Å². The lowest BCUT2D eigenvalue weighted by Crippen LogP contribution is -2.40. The molecule has 128 valence electrons. The highest BCUT2D eigenvalue weighted by Gasteiger charge is 2.29. The largest absolute Gasteiger partial charge is 0.368 e. The van der Waals surface area contributed by atoms with E-state index in [0.29, 0.717) is 22.6 Å². The summed E-state index contributed by atoms with van der Waals surface area (Å²) in [5.74, 6) is 0.260. The Balaban J connectivity index is 1.70. The molecule has 7 heteroatoms. The molecule has 6 nitrogen and oxygen atoms in total. The van der Waals surface area contributed by atoms with E-state index >= 15 is 0 Å². The Morgan fingerprint density at radius 2 is 2.16 bits per heavy atom. The lowest BCUT2D eigenvalue weighted by Gasteiger charge is -2.20. The Hall–Kier alpha value is -2.51. The van der Waals surface area contributed by atoms with Gasteiger partial charge in [-0.05, 0) is 24.9 Å². The number of carbonyl (C=O) groups excluding carboxylic acids is 1. The maximum Gasteiger partial charge on any atom is 0.260 e. The first-order valence-corrected chi connectivity index (χ1v) is 9.10. The van der Waals surface area contributed by atoms with E-state index in [2.05, 4.69) is 9.97 Å². The van der Waals surface area contributed by atoms with E-state index in [4.69, 9.17) is 5.73 Å². The fourth-order valence-electron chi connectivity index (χ4n) is 3.43. The Morgan fingerprint density at radius 3 is 2.92 bits per heavy atom. The number of carbonyl (C=O) groups is 1. The Bertz CT molecular complexity index is 980. The number of nitrogens with zero attached hydrogens (tertiary/aromatic N) is 2. The number of benzene rings is 1. The molecular weight excluding hydrogens is 336 g/mol. The van der Waals surface area contributed by atoms with Crippen LogP contribution >= 0.6 is 11.3 Å². The molecule has 2 aromatic heterocycles. The second kappa shape index (κ2) is 6.42. The van der Waals surface area contributed by atoms with Gasteiger partial charge in [-0.3, -0.25) is 14.5 Å². The fourth-order valence-corrected chi connectivity index (χ4v) is 4.40. The van der Waals surface area contributed by atoms with Crippen molar-refractivity contribution in [3.8, 4) is 11.1 Å². The fraction of sp³-hybridized carbons (Fsp3) is 0.278. The first kappa shape index (κ1) is 16.0. The predicted octanol–water partition coefficient (Wildman–Crippen LogP) is 2.10. The van der Waals surface area contributed by atoms with E-state index in [9.17, 15) is 9.59 Å². The number of rotatable bonds is 4. The molecule has 0 bridgehead atoms.